The van der Waals surface area contributed by atoms with Gasteiger partial charge in [-0.2, -0.15) is 5.26 Å². The van der Waals surface area contributed by atoms with Gasteiger partial charge in [0, 0.05) is 9.35 Å². The number of hydrogen-bond donors (Lipinski definition) is 1. The van der Waals surface area contributed by atoms with E-state index in [2.05, 4.69) is 37.9 Å². The normalized spacial score (nSPS) is 35.7. The van der Waals surface area contributed by atoms with Gasteiger partial charge in [0.05, 0.1) is 15.3 Å². The summed E-state index contributed by atoms with van der Waals surface area (Å²) in [5.41, 5.74) is -0.549. The fourth-order valence-corrected chi connectivity index (χ4v) is 5.84. The lowest BCUT2D eigenvalue weighted by molar-refractivity contribution is 0.0259. The van der Waals surface area contributed by atoms with Crippen molar-refractivity contribution in [2.24, 2.45) is 17.3 Å². The first-order valence-corrected chi connectivity index (χ1v) is 8.51. The zero-order valence-corrected chi connectivity index (χ0v) is 13.7. The zero-order chi connectivity index (χ0) is 12.9. The van der Waals surface area contributed by atoms with Crippen LogP contribution in [-0.2, 0) is 0 Å². The molecule has 0 aliphatic heterocycles. The highest BCUT2D eigenvalue weighted by Gasteiger charge is 2.56. The third kappa shape index (κ3) is 1.81. The maximum atomic E-state index is 10.7. The zero-order valence-electron chi connectivity index (χ0n) is 9.70. The van der Waals surface area contributed by atoms with E-state index in [1.165, 1.54) is 17.8 Å². The number of aliphatic hydroxyl groups is 1. The van der Waals surface area contributed by atoms with Crippen molar-refractivity contribution in [2.75, 3.05) is 0 Å². The van der Waals surface area contributed by atoms with Crippen LogP contribution in [-0.4, -0.2) is 5.11 Å². The van der Waals surface area contributed by atoms with Crippen LogP contribution >= 0.6 is 43.2 Å². The Bertz CT molecular complexity index is 504. The van der Waals surface area contributed by atoms with Crippen LogP contribution < -0.4 is 0 Å². The van der Waals surface area contributed by atoms with Crippen LogP contribution in [0.5, 0.6) is 0 Å². The van der Waals surface area contributed by atoms with Crippen molar-refractivity contribution in [1.29, 1.82) is 5.26 Å². The predicted molar refractivity (Wildman–Crippen MR) is 78.2 cm³/mol. The van der Waals surface area contributed by atoms with E-state index in [1.807, 2.05) is 6.07 Å². The van der Waals surface area contributed by atoms with E-state index < -0.39 is 11.5 Å². The number of thiophene rings is 1. The average molecular weight is 391 g/mol. The molecule has 2 saturated carbocycles. The fraction of sp³-hybridized carbons (Fsp3) is 0.615. The Kier molecular flexibility index (Phi) is 3.34. The molecule has 5 heteroatoms. The van der Waals surface area contributed by atoms with Gasteiger partial charge in [0.15, 0.2) is 0 Å². The van der Waals surface area contributed by atoms with Gasteiger partial charge in [0.2, 0.25) is 0 Å². The van der Waals surface area contributed by atoms with Gasteiger partial charge in [0.25, 0.3) is 0 Å². The largest absolute Gasteiger partial charge is 0.386 e. The van der Waals surface area contributed by atoms with E-state index in [0.29, 0.717) is 11.8 Å². The molecule has 0 radical (unpaired) electrons. The third-order valence-corrected chi connectivity index (χ3v) is 7.83. The number of halogens is 2. The number of nitrogens with zero attached hydrogens (tertiary/aromatic N) is 1. The summed E-state index contributed by atoms with van der Waals surface area (Å²) in [6, 6.07) is 4.40. The topological polar surface area (TPSA) is 44.0 Å². The molecule has 2 aliphatic carbocycles. The van der Waals surface area contributed by atoms with Crippen molar-refractivity contribution in [1.82, 2.24) is 0 Å². The summed E-state index contributed by atoms with van der Waals surface area (Å²) in [7, 11) is 0. The van der Waals surface area contributed by atoms with E-state index in [9.17, 15) is 10.4 Å². The number of fused-ring (bicyclic) bond motifs is 2. The van der Waals surface area contributed by atoms with Crippen molar-refractivity contribution in [3.63, 3.8) is 0 Å². The van der Waals surface area contributed by atoms with Crippen molar-refractivity contribution in [3.8, 4) is 6.07 Å². The van der Waals surface area contributed by atoms with Crippen LogP contribution in [0.1, 0.15) is 36.7 Å². The number of nitriles is 1. The van der Waals surface area contributed by atoms with Crippen LogP contribution in [0, 0.1) is 28.6 Å². The Hall–Kier alpha value is 0.110. The second-order valence-electron chi connectivity index (χ2n) is 5.41. The highest BCUT2D eigenvalue weighted by Crippen LogP contribution is 2.61. The quantitative estimate of drug-likeness (QED) is 0.799. The predicted octanol–water partition coefficient (Wildman–Crippen LogP) is 4.64. The summed E-state index contributed by atoms with van der Waals surface area (Å²) in [6.45, 7) is 0. The van der Waals surface area contributed by atoms with E-state index >= 15 is 0 Å². The van der Waals surface area contributed by atoms with Crippen molar-refractivity contribution in [2.45, 2.75) is 31.8 Å². The lowest BCUT2D eigenvalue weighted by Crippen LogP contribution is -2.32. The molecule has 18 heavy (non-hydrogen) atoms. The smallest absolute Gasteiger partial charge is 0.107 e. The molecule has 1 heterocycles. The Labute approximate surface area is 127 Å². The second kappa shape index (κ2) is 4.59. The van der Waals surface area contributed by atoms with Gasteiger partial charge in [-0.05, 0) is 69.0 Å². The monoisotopic (exact) mass is 389 g/mol. The summed E-state index contributed by atoms with van der Waals surface area (Å²) < 4.78 is 1.94. The standard InChI is InChI=1S/C13H13Br2NOS/c14-9-4-10(18-12(9)15)11(17)13(6-16)5-7-1-2-8(13)3-7/h4,7-8,11,17H,1-3,5H2. The van der Waals surface area contributed by atoms with E-state index in [4.69, 9.17) is 0 Å². The minimum atomic E-state index is -0.648. The van der Waals surface area contributed by atoms with Gasteiger partial charge >= 0.3 is 0 Å². The van der Waals surface area contributed by atoms with E-state index in [0.717, 1.165) is 32.4 Å². The molecular formula is C13H13Br2NOS. The Morgan fingerprint density at radius 2 is 2.28 bits per heavy atom. The number of rotatable bonds is 2. The van der Waals surface area contributed by atoms with Crippen molar-refractivity contribution < 1.29 is 5.11 Å². The molecule has 1 aromatic heterocycles. The Morgan fingerprint density at radius 1 is 1.50 bits per heavy atom. The first-order valence-electron chi connectivity index (χ1n) is 6.11. The minimum absolute atomic E-state index is 0.377. The van der Waals surface area contributed by atoms with Crippen molar-refractivity contribution in [3.05, 3.63) is 19.2 Å². The van der Waals surface area contributed by atoms with E-state index in [-0.39, 0.29) is 0 Å². The molecule has 96 valence electrons. The molecule has 4 atom stereocenters. The Morgan fingerprint density at radius 3 is 2.72 bits per heavy atom. The maximum Gasteiger partial charge on any atom is 0.107 e. The van der Waals surface area contributed by atoms with Gasteiger partial charge in [-0.3, -0.25) is 0 Å². The van der Waals surface area contributed by atoms with Gasteiger partial charge < -0.3 is 5.11 Å². The summed E-state index contributed by atoms with van der Waals surface area (Å²) in [5.74, 6) is 1.03. The van der Waals surface area contributed by atoms with Gasteiger partial charge in [0.1, 0.15) is 6.10 Å². The first kappa shape index (κ1) is 13.1. The molecule has 4 unspecified atom stereocenters. The molecule has 0 amide bonds. The maximum absolute atomic E-state index is 10.7. The summed E-state index contributed by atoms with van der Waals surface area (Å²) in [5, 5.41) is 20.3. The van der Waals surface area contributed by atoms with Crippen LogP contribution in [0.4, 0.5) is 0 Å². The molecule has 0 spiro atoms. The van der Waals surface area contributed by atoms with Crippen LogP contribution in [0.25, 0.3) is 0 Å². The van der Waals surface area contributed by atoms with Crippen molar-refractivity contribution >= 4 is 43.2 Å². The van der Waals surface area contributed by atoms with Gasteiger partial charge in [-0.25, -0.2) is 0 Å². The summed E-state index contributed by atoms with van der Waals surface area (Å²) in [4.78, 5) is 0.892. The second-order valence-corrected chi connectivity index (χ2v) is 8.66. The van der Waals surface area contributed by atoms with Crippen LogP contribution in [0.15, 0.2) is 14.3 Å². The summed E-state index contributed by atoms with van der Waals surface area (Å²) in [6.07, 6.45) is 3.67. The highest BCUT2D eigenvalue weighted by atomic mass is 79.9. The van der Waals surface area contributed by atoms with Gasteiger partial charge in [-0.1, -0.05) is 6.42 Å². The number of aliphatic hydroxyl groups excluding tert-OH is 1. The molecule has 0 saturated heterocycles. The highest BCUT2D eigenvalue weighted by molar-refractivity contribution is 9.13. The Balaban J connectivity index is 1.96. The fourth-order valence-electron chi connectivity index (χ4n) is 3.66. The average Bonchev–Trinajstić information content (AvgIpc) is 3.04. The molecule has 2 fully saturated rings. The minimum Gasteiger partial charge on any atom is -0.386 e. The first-order chi connectivity index (χ1) is 8.56. The molecule has 2 bridgehead atoms. The summed E-state index contributed by atoms with van der Waals surface area (Å²) >= 11 is 8.41. The van der Waals surface area contributed by atoms with Crippen LogP contribution in [0.3, 0.4) is 0 Å². The van der Waals surface area contributed by atoms with Gasteiger partial charge in [-0.15, -0.1) is 11.3 Å². The van der Waals surface area contributed by atoms with Crippen LogP contribution in [0.2, 0.25) is 0 Å². The van der Waals surface area contributed by atoms with E-state index in [1.54, 1.807) is 0 Å². The lowest BCUT2D eigenvalue weighted by Gasteiger charge is -2.34. The number of hydrogen-bond acceptors (Lipinski definition) is 3. The lowest BCUT2D eigenvalue weighted by atomic mass is 9.70. The molecule has 1 aromatic rings. The molecule has 1 N–H and O–H groups in total. The molecule has 2 aliphatic rings. The third-order valence-electron chi connectivity index (χ3n) is 4.53. The molecular weight excluding hydrogens is 378 g/mol. The molecule has 3 rings (SSSR count). The SMILES string of the molecule is N#CC1(C(O)c2cc(Br)c(Br)s2)CC2CCC1C2. The molecule has 0 aromatic carbocycles. The molecule has 2 nitrogen and oxygen atoms in total.